The Balaban J connectivity index is 1.44. The van der Waals surface area contributed by atoms with E-state index in [-0.39, 0.29) is 18.6 Å². The molecule has 1 aromatic heterocycles. The molecule has 3 aromatic rings. The highest BCUT2D eigenvalue weighted by Crippen LogP contribution is 2.31. The van der Waals surface area contributed by atoms with E-state index in [2.05, 4.69) is 10.3 Å². The summed E-state index contributed by atoms with van der Waals surface area (Å²) in [5.74, 6) is -0.239. The Hall–Kier alpha value is -4.11. The number of carbonyl (C=O) groups is 2. The Morgan fingerprint density at radius 3 is 2.63 bits per heavy atom. The van der Waals surface area contributed by atoms with Gasteiger partial charge in [-0.3, -0.25) is 0 Å². The molecule has 4 rings (SSSR count). The molecule has 9 nitrogen and oxygen atoms in total. The van der Waals surface area contributed by atoms with E-state index >= 15 is 0 Å². The van der Waals surface area contributed by atoms with Crippen LogP contribution in [-0.2, 0) is 29.7 Å². The first-order chi connectivity index (χ1) is 18.3. The van der Waals surface area contributed by atoms with Gasteiger partial charge < -0.3 is 19.1 Å². The Bertz CT molecular complexity index is 1370. The molecule has 0 aliphatic heterocycles. The molecule has 0 saturated carbocycles. The number of hydrogen-bond acceptors (Lipinski definition) is 7. The Morgan fingerprint density at radius 2 is 1.92 bits per heavy atom. The second-order valence-electron chi connectivity index (χ2n) is 8.96. The predicted octanol–water partition coefficient (Wildman–Crippen LogP) is 5.06. The number of benzene rings is 2. The van der Waals surface area contributed by atoms with Gasteiger partial charge in [0.15, 0.2) is 0 Å². The SMILES string of the molecule is COC(=O)c1ccc(Cl)cc1OC1C=CC(c2nnn(C)c2COC(=O)N(C)Cc2ccccc2)=CC1C. The number of halogens is 1. The minimum Gasteiger partial charge on any atom is -0.485 e. The first-order valence-electron chi connectivity index (χ1n) is 12.0. The molecule has 0 radical (unpaired) electrons. The van der Waals surface area contributed by atoms with Crippen LogP contribution in [0, 0.1) is 5.92 Å². The van der Waals surface area contributed by atoms with Crippen molar-refractivity contribution in [1.29, 1.82) is 0 Å². The Kier molecular flexibility index (Phi) is 8.48. The van der Waals surface area contributed by atoms with Crippen molar-refractivity contribution in [1.82, 2.24) is 19.9 Å². The standard InChI is InChI=1S/C28H29ClN4O5/c1-18-14-20(10-13-24(18)38-25-15-21(29)11-12-22(25)27(34)36-4)26-23(33(3)31-30-26)17-37-28(35)32(2)16-19-8-6-5-7-9-19/h5-15,18,24H,16-17H2,1-4H3. The highest BCUT2D eigenvalue weighted by atomic mass is 35.5. The predicted molar refractivity (Wildman–Crippen MR) is 143 cm³/mol. The first kappa shape index (κ1) is 26.9. The van der Waals surface area contributed by atoms with E-state index < -0.39 is 12.1 Å². The number of carbonyl (C=O) groups excluding carboxylic acids is 2. The molecule has 0 spiro atoms. The van der Waals surface area contributed by atoms with E-state index in [9.17, 15) is 9.59 Å². The van der Waals surface area contributed by atoms with Crippen molar-refractivity contribution in [3.8, 4) is 5.75 Å². The number of rotatable bonds is 8. The number of allylic oxidation sites excluding steroid dienone is 2. The molecule has 2 unspecified atom stereocenters. The fraction of sp³-hybridized carbons (Fsp3) is 0.286. The molecular formula is C28H29ClN4O5. The van der Waals surface area contributed by atoms with Gasteiger partial charge in [0, 0.05) is 37.2 Å². The molecule has 1 aliphatic rings. The average molecular weight is 537 g/mol. The molecule has 10 heteroatoms. The molecule has 1 aliphatic carbocycles. The van der Waals surface area contributed by atoms with Crippen LogP contribution in [-0.4, -0.2) is 52.2 Å². The summed E-state index contributed by atoms with van der Waals surface area (Å²) >= 11 is 6.14. The highest BCUT2D eigenvalue weighted by molar-refractivity contribution is 6.30. The van der Waals surface area contributed by atoms with Crippen LogP contribution < -0.4 is 4.74 Å². The van der Waals surface area contributed by atoms with Crippen LogP contribution in [0.1, 0.15) is 34.2 Å². The summed E-state index contributed by atoms with van der Waals surface area (Å²) in [6, 6.07) is 14.5. The zero-order chi connectivity index (χ0) is 27.2. The van der Waals surface area contributed by atoms with Gasteiger partial charge in [0.05, 0.1) is 7.11 Å². The Morgan fingerprint density at radius 1 is 1.16 bits per heavy atom. The normalized spacial score (nSPS) is 16.5. The fourth-order valence-corrected chi connectivity index (χ4v) is 4.22. The van der Waals surface area contributed by atoms with Gasteiger partial charge in [-0.1, -0.05) is 66.2 Å². The lowest BCUT2D eigenvalue weighted by Gasteiger charge is -2.25. The van der Waals surface area contributed by atoms with Gasteiger partial charge in [-0.2, -0.15) is 0 Å². The maximum atomic E-state index is 12.6. The van der Waals surface area contributed by atoms with Gasteiger partial charge in [0.2, 0.25) is 0 Å². The zero-order valence-electron chi connectivity index (χ0n) is 21.6. The van der Waals surface area contributed by atoms with Gasteiger partial charge in [0.1, 0.15) is 35.4 Å². The van der Waals surface area contributed by atoms with Crippen LogP contribution in [0.25, 0.3) is 5.57 Å². The first-order valence-corrected chi connectivity index (χ1v) is 12.4. The molecule has 2 aromatic carbocycles. The van der Waals surface area contributed by atoms with E-state index in [0.717, 1.165) is 11.1 Å². The maximum Gasteiger partial charge on any atom is 0.410 e. The van der Waals surface area contributed by atoms with E-state index in [0.29, 0.717) is 34.3 Å². The minimum absolute atomic E-state index is 0.0152. The van der Waals surface area contributed by atoms with Crippen molar-refractivity contribution in [2.45, 2.75) is 26.2 Å². The van der Waals surface area contributed by atoms with Crippen molar-refractivity contribution >= 4 is 29.2 Å². The molecule has 38 heavy (non-hydrogen) atoms. The van der Waals surface area contributed by atoms with E-state index in [1.807, 2.05) is 55.5 Å². The second-order valence-corrected chi connectivity index (χ2v) is 9.40. The highest BCUT2D eigenvalue weighted by Gasteiger charge is 2.25. The summed E-state index contributed by atoms with van der Waals surface area (Å²) in [5.41, 5.74) is 3.41. The smallest absolute Gasteiger partial charge is 0.410 e. The van der Waals surface area contributed by atoms with Crippen LogP contribution >= 0.6 is 11.6 Å². The number of ether oxygens (including phenoxy) is 3. The summed E-state index contributed by atoms with van der Waals surface area (Å²) in [7, 11) is 4.76. The minimum atomic E-state index is -0.506. The number of methoxy groups -OCH3 is 1. The van der Waals surface area contributed by atoms with Crippen LogP contribution in [0.5, 0.6) is 5.75 Å². The molecule has 0 N–H and O–H groups in total. The fourth-order valence-electron chi connectivity index (χ4n) is 4.06. The zero-order valence-corrected chi connectivity index (χ0v) is 22.4. The third-order valence-electron chi connectivity index (χ3n) is 6.16. The molecule has 0 fully saturated rings. The summed E-state index contributed by atoms with van der Waals surface area (Å²) in [6.07, 6.45) is 4.97. The molecule has 198 valence electrons. The van der Waals surface area contributed by atoms with E-state index in [4.69, 9.17) is 25.8 Å². The number of esters is 1. The van der Waals surface area contributed by atoms with Crippen LogP contribution in [0.4, 0.5) is 4.79 Å². The van der Waals surface area contributed by atoms with Gasteiger partial charge >= 0.3 is 12.1 Å². The number of aryl methyl sites for hydroxylation is 1. The summed E-state index contributed by atoms with van der Waals surface area (Å²) in [5, 5.41) is 8.89. The summed E-state index contributed by atoms with van der Waals surface area (Å²) in [4.78, 5) is 26.3. The Labute approximate surface area is 226 Å². The lowest BCUT2D eigenvalue weighted by Crippen LogP contribution is -2.27. The van der Waals surface area contributed by atoms with E-state index in [1.54, 1.807) is 37.0 Å². The van der Waals surface area contributed by atoms with Crippen molar-refractivity contribution in [2.75, 3.05) is 14.2 Å². The third-order valence-corrected chi connectivity index (χ3v) is 6.40. The molecule has 0 saturated heterocycles. The maximum absolute atomic E-state index is 12.6. The quantitative estimate of drug-likeness (QED) is 0.371. The van der Waals surface area contributed by atoms with Crippen LogP contribution in [0.15, 0.2) is 66.8 Å². The average Bonchev–Trinajstić information content (AvgIpc) is 3.28. The second kappa shape index (κ2) is 12.0. The summed E-state index contributed by atoms with van der Waals surface area (Å²) in [6.45, 7) is 2.44. The van der Waals surface area contributed by atoms with E-state index in [1.165, 1.54) is 12.0 Å². The van der Waals surface area contributed by atoms with Crippen molar-refractivity contribution in [3.63, 3.8) is 0 Å². The summed E-state index contributed by atoms with van der Waals surface area (Å²) < 4.78 is 18.2. The van der Waals surface area contributed by atoms with Crippen molar-refractivity contribution < 1.29 is 23.8 Å². The topological polar surface area (TPSA) is 95.8 Å². The number of nitrogens with zero attached hydrogens (tertiary/aromatic N) is 4. The van der Waals surface area contributed by atoms with Crippen molar-refractivity contribution in [2.24, 2.45) is 13.0 Å². The number of hydrogen-bond donors (Lipinski definition) is 0. The van der Waals surface area contributed by atoms with Gasteiger partial charge in [0.25, 0.3) is 0 Å². The molecule has 1 heterocycles. The largest absolute Gasteiger partial charge is 0.485 e. The lowest BCUT2D eigenvalue weighted by atomic mass is 9.93. The number of amides is 1. The molecule has 2 atom stereocenters. The van der Waals surface area contributed by atoms with Gasteiger partial charge in [-0.25, -0.2) is 14.3 Å². The van der Waals surface area contributed by atoms with Crippen molar-refractivity contribution in [3.05, 3.63) is 94.3 Å². The lowest BCUT2D eigenvalue weighted by molar-refractivity contribution is 0.0593. The molecular weight excluding hydrogens is 508 g/mol. The third kappa shape index (κ3) is 6.23. The van der Waals surface area contributed by atoms with Crippen LogP contribution in [0.2, 0.25) is 5.02 Å². The molecule has 0 bridgehead atoms. The van der Waals surface area contributed by atoms with Crippen LogP contribution in [0.3, 0.4) is 0 Å². The molecule has 1 amide bonds. The van der Waals surface area contributed by atoms with Gasteiger partial charge in [-0.05, 0) is 29.8 Å². The monoisotopic (exact) mass is 536 g/mol. The van der Waals surface area contributed by atoms with Gasteiger partial charge in [-0.15, -0.1) is 5.10 Å². The number of aromatic nitrogens is 3.